The summed E-state index contributed by atoms with van der Waals surface area (Å²) in [5.74, 6) is -0.00363. The number of carbonyl (C=O) groups excluding carboxylic acids is 1. The van der Waals surface area contributed by atoms with Crippen LogP contribution in [0.25, 0.3) is 11.1 Å². The molecule has 0 aliphatic heterocycles. The molecule has 0 bridgehead atoms. The van der Waals surface area contributed by atoms with Crippen LogP contribution < -0.4 is 5.32 Å². The molecule has 2 aromatic rings. The SMILES string of the molecule is O=C(CCO)Nc1oncc1-c1ccccc1. The van der Waals surface area contributed by atoms with Crippen LogP contribution in [0.4, 0.5) is 5.88 Å². The molecule has 0 aliphatic carbocycles. The Morgan fingerprint density at radius 1 is 1.35 bits per heavy atom. The monoisotopic (exact) mass is 232 g/mol. The molecule has 0 radical (unpaired) electrons. The lowest BCUT2D eigenvalue weighted by molar-refractivity contribution is -0.116. The predicted octanol–water partition coefficient (Wildman–Crippen LogP) is 1.66. The van der Waals surface area contributed by atoms with E-state index in [-0.39, 0.29) is 18.9 Å². The van der Waals surface area contributed by atoms with Gasteiger partial charge < -0.3 is 9.63 Å². The largest absolute Gasteiger partial charge is 0.396 e. The maximum absolute atomic E-state index is 11.3. The summed E-state index contributed by atoms with van der Waals surface area (Å²) in [6, 6.07) is 9.48. The van der Waals surface area contributed by atoms with Gasteiger partial charge in [-0.2, -0.15) is 0 Å². The fourth-order valence-electron chi connectivity index (χ4n) is 1.44. The van der Waals surface area contributed by atoms with Gasteiger partial charge in [-0.25, -0.2) is 0 Å². The normalized spacial score (nSPS) is 10.2. The Morgan fingerprint density at radius 2 is 2.12 bits per heavy atom. The summed E-state index contributed by atoms with van der Waals surface area (Å²) >= 11 is 0. The Morgan fingerprint density at radius 3 is 2.82 bits per heavy atom. The first-order valence-electron chi connectivity index (χ1n) is 5.22. The van der Waals surface area contributed by atoms with Crippen molar-refractivity contribution in [3.63, 3.8) is 0 Å². The van der Waals surface area contributed by atoms with Crippen molar-refractivity contribution in [1.29, 1.82) is 0 Å². The third kappa shape index (κ3) is 2.70. The molecule has 0 aliphatic rings. The topological polar surface area (TPSA) is 75.4 Å². The van der Waals surface area contributed by atoms with E-state index in [1.807, 2.05) is 30.3 Å². The lowest BCUT2D eigenvalue weighted by Crippen LogP contribution is -2.12. The van der Waals surface area contributed by atoms with Crippen LogP contribution in [0.5, 0.6) is 0 Å². The minimum absolute atomic E-state index is 0.0366. The van der Waals surface area contributed by atoms with Gasteiger partial charge in [-0.05, 0) is 5.56 Å². The molecule has 0 atom stereocenters. The first-order valence-corrected chi connectivity index (χ1v) is 5.22. The highest BCUT2D eigenvalue weighted by Crippen LogP contribution is 2.27. The summed E-state index contributed by atoms with van der Waals surface area (Å²) in [5, 5.41) is 14.9. The van der Waals surface area contributed by atoms with Gasteiger partial charge >= 0.3 is 0 Å². The summed E-state index contributed by atoms with van der Waals surface area (Å²) in [7, 11) is 0. The van der Waals surface area contributed by atoms with Gasteiger partial charge in [0.15, 0.2) is 0 Å². The smallest absolute Gasteiger partial charge is 0.239 e. The third-order valence-corrected chi connectivity index (χ3v) is 2.25. The number of rotatable bonds is 4. The van der Waals surface area contributed by atoms with Crippen molar-refractivity contribution in [3.8, 4) is 11.1 Å². The Bertz CT molecular complexity index is 493. The van der Waals surface area contributed by atoms with Crippen molar-refractivity contribution < 1.29 is 14.4 Å². The zero-order chi connectivity index (χ0) is 12.1. The summed E-state index contributed by atoms with van der Waals surface area (Å²) in [5.41, 5.74) is 1.63. The Hall–Kier alpha value is -2.14. The van der Waals surface area contributed by atoms with Crippen molar-refractivity contribution in [1.82, 2.24) is 5.16 Å². The molecule has 1 aromatic carbocycles. The Kier molecular flexibility index (Phi) is 3.52. The number of amides is 1. The van der Waals surface area contributed by atoms with Crippen LogP contribution in [-0.4, -0.2) is 22.8 Å². The Labute approximate surface area is 98.1 Å². The number of hydrogen-bond donors (Lipinski definition) is 2. The van der Waals surface area contributed by atoms with E-state index >= 15 is 0 Å². The van der Waals surface area contributed by atoms with Gasteiger partial charge in [0.25, 0.3) is 0 Å². The molecule has 0 saturated carbocycles. The molecule has 2 rings (SSSR count). The van der Waals surface area contributed by atoms with E-state index < -0.39 is 0 Å². The van der Waals surface area contributed by atoms with E-state index in [1.165, 1.54) is 0 Å². The fraction of sp³-hybridized carbons (Fsp3) is 0.167. The van der Waals surface area contributed by atoms with Crippen LogP contribution in [0.1, 0.15) is 6.42 Å². The first-order chi connectivity index (χ1) is 8.31. The average Bonchev–Trinajstić information content (AvgIpc) is 2.78. The molecule has 17 heavy (non-hydrogen) atoms. The molecule has 88 valence electrons. The van der Waals surface area contributed by atoms with E-state index in [1.54, 1.807) is 6.20 Å². The van der Waals surface area contributed by atoms with Gasteiger partial charge in [0.05, 0.1) is 24.8 Å². The number of anilines is 1. The van der Waals surface area contributed by atoms with Crippen LogP contribution >= 0.6 is 0 Å². The molecule has 2 N–H and O–H groups in total. The summed E-state index contributed by atoms with van der Waals surface area (Å²) in [4.78, 5) is 11.3. The zero-order valence-electron chi connectivity index (χ0n) is 9.09. The summed E-state index contributed by atoms with van der Waals surface area (Å²) in [6.45, 7) is -0.194. The number of nitrogens with zero attached hydrogens (tertiary/aromatic N) is 1. The molecule has 0 spiro atoms. The van der Waals surface area contributed by atoms with Gasteiger partial charge in [-0.15, -0.1) is 0 Å². The maximum atomic E-state index is 11.3. The second-order valence-corrected chi connectivity index (χ2v) is 3.46. The van der Waals surface area contributed by atoms with E-state index in [4.69, 9.17) is 9.63 Å². The number of aliphatic hydroxyl groups excluding tert-OH is 1. The van der Waals surface area contributed by atoms with Crippen LogP contribution in [-0.2, 0) is 4.79 Å². The summed E-state index contributed by atoms with van der Waals surface area (Å²) < 4.78 is 4.97. The minimum Gasteiger partial charge on any atom is -0.396 e. The van der Waals surface area contributed by atoms with E-state index in [0.29, 0.717) is 5.88 Å². The van der Waals surface area contributed by atoms with Crippen LogP contribution in [0.15, 0.2) is 41.1 Å². The molecule has 0 fully saturated rings. The molecule has 0 unspecified atom stereocenters. The number of hydrogen-bond acceptors (Lipinski definition) is 4. The number of aliphatic hydroxyl groups is 1. The lowest BCUT2D eigenvalue weighted by Gasteiger charge is -2.02. The van der Waals surface area contributed by atoms with Crippen LogP contribution in [0.3, 0.4) is 0 Å². The summed E-state index contributed by atoms with van der Waals surface area (Å²) in [6.07, 6.45) is 1.58. The maximum Gasteiger partial charge on any atom is 0.239 e. The van der Waals surface area contributed by atoms with Gasteiger partial charge in [0, 0.05) is 0 Å². The highest BCUT2D eigenvalue weighted by Gasteiger charge is 2.12. The Balaban J connectivity index is 2.20. The fourth-order valence-corrected chi connectivity index (χ4v) is 1.44. The highest BCUT2D eigenvalue weighted by atomic mass is 16.5. The molecule has 1 aromatic heterocycles. The number of aromatic nitrogens is 1. The zero-order valence-corrected chi connectivity index (χ0v) is 9.09. The van der Waals surface area contributed by atoms with Crippen molar-refractivity contribution in [2.45, 2.75) is 6.42 Å². The number of nitrogens with one attached hydrogen (secondary N) is 1. The van der Waals surface area contributed by atoms with Gasteiger partial charge in [-0.1, -0.05) is 35.5 Å². The van der Waals surface area contributed by atoms with Crippen LogP contribution in [0.2, 0.25) is 0 Å². The highest BCUT2D eigenvalue weighted by molar-refractivity contribution is 5.93. The second-order valence-electron chi connectivity index (χ2n) is 3.46. The van der Waals surface area contributed by atoms with Gasteiger partial charge in [0.2, 0.25) is 11.8 Å². The second kappa shape index (κ2) is 5.27. The van der Waals surface area contributed by atoms with E-state index in [9.17, 15) is 4.79 Å². The quantitative estimate of drug-likeness (QED) is 0.840. The molecular formula is C12H12N2O3. The number of benzene rings is 1. The lowest BCUT2D eigenvalue weighted by atomic mass is 10.1. The van der Waals surface area contributed by atoms with Gasteiger partial charge in [0.1, 0.15) is 0 Å². The van der Waals surface area contributed by atoms with Crippen molar-refractivity contribution in [3.05, 3.63) is 36.5 Å². The van der Waals surface area contributed by atoms with Crippen molar-refractivity contribution >= 4 is 11.8 Å². The minimum atomic E-state index is -0.304. The van der Waals surface area contributed by atoms with E-state index in [2.05, 4.69) is 10.5 Å². The van der Waals surface area contributed by atoms with Gasteiger partial charge in [-0.3, -0.25) is 10.1 Å². The van der Waals surface area contributed by atoms with Crippen LogP contribution in [0, 0.1) is 0 Å². The molecular weight excluding hydrogens is 220 g/mol. The first kappa shape index (κ1) is 11.3. The third-order valence-electron chi connectivity index (χ3n) is 2.25. The molecule has 1 heterocycles. The standard InChI is InChI=1S/C12H12N2O3/c15-7-6-11(16)14-12-10(8-13-17-12)9-4-2-1-3-5-9/h1-5,8,15H,6-7H2,(H,14,16). The number of carbonyl (C=O) groups is 1. The molecule has 0 saturated heterocycles. The van der Waals surface area contributed by atoms with Crippen molar-refractivity contribution in [2.75, 3.05) is 11.9 Å². The molecule has 5 heteroatoms. The molecule has 1 amide bonds. The van der Waals surface area contributed by atoms with Crippen molar-refractivity contribution in [2.24, 2.45) is 0 Å². The average molecular weight is 232 g/mol. The predicted molar refractivity (Wildman–Crippen MR) is 62.3 cm³/mol. The van der Waals surface area contributed by atoms with E-state index in [0.717, 1.165) is 11.1 Å². The molecule has 5 nitrogen and oxygen atoms in total.